The molecule has 0 heterocycles. The van der Waals surface area contributed by atoms with Crippen molar-refractivity contribution in [3.8, 4) is 0 Å². The first kappa shape index (κ1) is 19.9. The minimum Gasteiger partial charge on any atom is -0.375 e. The number of nitrogens with one attached hydrogen (secondary N) is 2. The Morgan fingerprint density at radius 1 is 1.07 bits per heavy atom. The van der Waals surface area contributed by atoms with Gasteiger partial charge in [0.25, 0.3) is 5.91 Å². The van der Waals surface area contributed by atoms with E-state index in [1.165, 1.54) is 0 Å². The van der Waals surface area contributed by atoms with Crippen molar-refractivity contribution >= 4 is 28.9 Å². The molecule has 2 aromatic carbocycles. The number of rotatable bonds is 8. The molecule has 1 saturated carbocycles. The number of benzene rings is 2. The Morgan fingerprint density at radius 3 is 2.43 bits per heavy atom. The molecule has 5 heteroatoms. The van der Waals surface area contributed by atoms with E-state index in [2.05, 4.69) is 29.5 Å². The lowest BCUT2D eigenvalue weighted by Crippen LogP contribution is -2.18. The Morgan fingerprint density at radius 2 is 1.79 bits per heavy atom. The highest BCUT2D eigenvalue weighted by Gasteiger charge is 2.29. The molecule has 2 aromatic rings. The monoisotopic (exact) mass is 379 g/mol. The van der Waals surface area contributed by atoms with Gasteiger partial charge in [-0.25, -0.2) is 0 Å². The van der Waals surface area contributed by atoms with Gasteiger partial charge in [-0.05, 0) is 68.1 Å². The fourth-order valence-electron chi connectivity index (χ4n) is 3.01. The molecular weight excluding hydrogens is 350 g/mol. The molecule has 1 fully saturated rings. The Hall–Kier alpha value is -2.82. The Bertz CT molecular complexity index is 841. The molecule has 0 radical (unpaired) electrons. The second kappa shape index (κ2) is 8.91. The minimum absolute atomic E-state index is 0.0592. The number of carbonyl (C=O) groups excluding carboxylic acids is 2. The largest absolute Gasteiger partial charge is 0.375 e. The molecule has 2 amide bonds. The molecule has 3 rings (SSSR count). The predicted octanol–water partition coefficient (Wildman–Crippen LogP) is 4.83. The van der Waals surface area contributed by atoms with Crippen molar-refractivity contribution in [2.75, 3.05) is 29.1 Å². The van der Waals surface area contributed by atoms with Crippen LogP contribution in [0.25, 0.3) is 0 Å². The van der Waals surface area contributed by atoms with Crippen LogP contribution in [0, 0.1) is 12.8 Å². The highest BCUT2D eigenvalue weighted by Crippen LogP contribution is 2.31. The predicted molar refractivity (Wildman–Crippen MR) is 115 cm³/mol. The Labute approximate surface area is 167 Å². The van der Waals surface area contributed by atoms with E-state index >= 15 is 0 Å². The number of carbonyl (C=O) groups is 2. The maximum Gasteiger partial charge on any atom is 0.255 e. The van der Waals surface area contributed by atoms with Gasteiger partial charge < -0.3 is 15.5 Å². The van der Waals surface area contributed by atoms with Gasteiger partial charge in [-0.3, -0.25) is 9.59 Å². The van der Waals surface area contributed by atoms with Crippen LogP contribution in [-0.2, 0) is 4.79 Å². The van der Waals surface area contributed by atoms with E-state index in [-0.39, 0.29) is 17.7 Å². The van der Waals surface area contributed by atoms with Crippen molar-refractivity contribution in [1.82, 2.24) is 0 Å². The molecule has 0 saturated heterocycles. The first-order chi connectivity index (χ1) is 13.5. The van der Waals surface area contributed by atoms with Gasteiger partial charge in [0.15, 0.2) is 0 Å². The molecular formula is C23H29N3O2. The van der Waals surface area contributed by atoms with E-state index in [1.54, 1.807) is 0 Å². The van der Waals surface area contributed by atoms with Crippen LogP contribution >= 0.6 is 0 Å². The van der Waals surface area contributed by atoms with E-state index in [1.807, 2.05) is 49.4 Å². The summed E-state index contributed by atoms with van der Waals surface area (Å²) in [6.45, 7) is 5.12. The van der Waals surface area contributed by atoms with Crippen LogP contribution in [0.2, 0.25) is 0 Å². The van der Waals surface area contributed by atoms with Gasteiger partial charge >= 0.3 is 0 Å². The van der Waals surface area contributed by atoms with Gasteiger partial charge in [-0.2, -0.15) is 0 Å². The summed E-state index contributed by atoms with van der Waals surface area (Å²) < 4.78 is 0. The number of nitrogens with zero attached hydrogens (tertiary/aromatic N) is 1. The van der Waals surface area contributed by atoms with Gasteiger partial charge in [0.05, 0.1) is 0 Å². The third-order valence-corrected chi connectivity index (χ3v) is 5.12. The molecule has 1 aliphatic rings. The van der Waals surface area contributed by atoms with Crippen LogP contribution in [0.5, 0.6) is 0 Å². The van der Waals surface area contributed by atoms with E-state index in [9.17, 15) is 9.59 Å². The van der Waals surface area contributed by atoms with Gasteiger partial charge in [0, 0.05) is 42.1 Å². The second-order valence-electron chi connectivity index (χ2n) is 7.57. The third-order valence-electron chi connectivity index (χ3n) is 5.12. The number of unbranched alkanes of at least 4 members (excludes halogenated alkanes) is 1. The summed E-state index contributed by atoms with van der Waals surface area (Å²) in [5.41, 5.74) is 4.09. The molecule has 0 aromatic heterocycles. The molecule has 148 valence electrons. The normalized spacial score (nSPS) is 13.1. The number of hydrogen-bond donors (Lipinski definition) is 2. The SMILES string of the molecule is CCCCN(C)c1ccc(C(=O)Nc2cc(NC(=O)C3CC3)ccc2C)cc1. The Balaban J connectivity index is 1.65. The summed E-state index contributed by atoms with van der Waals surface area (Å²) in [6.07, 6.45) is 4.23. The van der Waals surface area contributed by atoms with Gasteiger partial charge in [0.1, 0.15) is 0 Å². The third kappa shape index (κ3) is 5.12. The van der Waals surface area contributed by atoms with Crippen molar-refractivity contribution in [3.05, 3.63) is 53.6 Å². The zero-order valence-corrected chi connectivity index (χ0v) is 16.9. The maximum atomic E-state index is 12.7. The van der Waals surface area contributed by atoms with Crippen molar-refractivity contribution in [2.24, 2.45) is 5.92 Å². The van der Waals surface area contributed by atoms with E-state index in [0.717, 1.165) is 43.5 Å². The molecule has 0 bridgehead atoms. The molecule has 5 nitrogen and oxygen atoms in total. The Kier molecular flexibility index (Phi) is 6.34. The quantitative estimate of drug-likeness (QED) is 0.690. The first-order valence-corrected chi connectivity index (χ1v) is 10.0. The average molecular weight is 380 g/mol. The van der Waals surface area contributed by atoms with Crippen LogP contribution in [-0.4, -0.2) is 25.4 Å². The second-order valence-corrected chi connectivity index (χ2v) is 7.57. The van der Waals surface area contributed by atoms with Crippen molar-refractivity contribution in [1.29, 1.82) is 0 Å². The van der Waals surface area contributed by atoms with Gasteiger partial charge in [0.2, 0.25) is 5.91 Å². The summed E-state index contributed by atoms with van der Waals surface area (Å²) in [4.78, 5) is 26.8. The molecule has 0 spiro atoms. The summed E-state index contributed by atoms with van der Waals surface area (Å²) in [5.74, 6) is 0.0498. The van der Waals surface area contributed by atoms with Crippen molar-refractivity contribution < 1.29 is 9.59 Å². The zero-order valence-electron chi connectivity index (χ0n) is 16.9. The molecule has 0 aliphatic heterocycles. The fraction of sp³-hybridized carbons (Fsp3) is 0.391. The van der Waals surface area contributed by atoms with Crippen molar-refractivity contribution in [2.45, 2.75) is 39.5 Å². The lowest BCUT2D eigenvalue weighted by molar-refractivity contribution is -0.117. The summed E-state index contributed by atoms with van der Waals surface area (Å²) in [7, 11) is 2.07. The van der Waals surface area contributed by atoms with E-state index in [4.69, 9.17) is 0 Å². The number of amides is 2. The average Bonchev–Trinajstić information content (AvgIpc) is 3.54. The van der Waals surface area contributed by atoms with E-state index in [0.29, 0.717) is 16.9 Å². The number of hydrogen-bond acceptors (Lipinski definition) is 3. The zero-order chi connectivity index (χ0) is 20.1. The lowest BCUT2D eigenvalue weighted by Gasteiger charge is -2.19. The fourth-order valence-corrected chi connectivity index (χ4v) is 3.01. The number of anilines is 3. The van der Waals surface area contributed by atoms with Crippen LogP contribution in [0.3, 0.4) is 0 Å². The standard InChI is InChI=1S/C23H29N3O2/c1-4-5-14-26(3)20-12-9-18(10-13-20)23(28)25-21-15-19(11-6-16(21)2)24-22(27)17-7-8-17/h6,9-13,15,17H,4-5,7-8,14H2,1-3H3,(H,24,27)(H,25,28). The van der Waals surface area contributed by atoms with Crippen LogP contribution in [0.15, 0.2) is 42.5 Å². The minimum atomic E-state index is -0.156. The summed E-state index contributed by atoms with van der Waals surface area (Å²) in [6, 6.07) is 13.2. The topological polar surface area (TPSA) is 61.4 Å². The highest BCUT2D eigenvalue weighted by atomic mass is 16.2. The molecule has 2 N–H and O–H groups in total. The van der Waals surface area contributed by atoms with Crippen LogP contribution in [0.4, 0.5) is 17.1 Å². The molecule has 1 aliphatic carbocycles. The van der Waals surface area contributed by atoms with Crippen molar-refractivity contribution in [3.63, 3.8) is 0 Å². The smallest absolute Gasteiger partial charge is 0.255 e. The van der Waals surface area contributed by atoms with Crippen LogP contribution < -0.4 is 15.5 Å². The van der Waals surface area contributed by atoms with Gasteiger partial charge in [-0.1, -0.05) is 19.4 Å². The first-order valence-electron chi connectivity index (χ1n) is 10.0. The molecule has 0 unspecified atom stereocenters. The summed E-state index contributed by atoms with van der Waals surface area (Å²) in [5, 5.41) is 5.89. The van der Waals surface area contributed by atoms with Gasteiger partial charge in [-0.15, -0.1) is 0 Å². The lowest BCUT2D eigenvalue weighted by atomic mass is 10.1. The molecule has 28 heavy (non-hydrogen) atoms. The van der Waals surface area contributed by atoms with E-state index < -0.39 is 0 Å². The molecule has 0 atom stereocenters. The van der Waals surface area contributed by atoms with Crippen LogP contribution in [0.1, 0.15) is 48.5 Å². The highest BCUT2D eigenvalue weighted by molar-refractivity contribution is 6.05. The number of aryl methyl sites for hydroxylation is 1. The summed E-state index contributed by atoms with van der Waals surface area (Å²) >= 11 is 0. The maximum absolute atomic E-state index is 12.7.